The minimum absolute atomic E-state index is 0.267. The van der Waals surface area contributed by atoms with Gasteiger partial charge in [0, 0.05) is 5.56 Å². The highest BCUT2D eigenvalue weighted by atomic mass is 16.5. The zero-order valence-corrected chi connectivity index (χ0v) is 11.9. The number of hydrogen-bond donors (Lipinski definition) is 1. The van der Waals surface area contributed by atoms with E-state index < -0.39 is 0 Å². The van der Waals surface area contributed by atoms with Gasteiger partial charge in [-0.05, 0) is 43.9 Å². The van der Waals surface area contributed by atoms with Gasteiger partial charge in [0.15, 0.2) is 5.78 Å². The Hall–Kier alpha value is -1.51. The maximum Gasteiger partial charge on any atom is 0.190 e. The first-order chi connectivity index (χ1) is 9.09. The summed E-state index contributed by atoms with van der Waals surface area (Å²) in [6, 6.07) is 2.02. The number of ether oxygens (including phenoxy) is 1. The molecule has 1 fully saturated rings. The van der Waals surface area contributed by atoms with Crippen molar-refractivity contribution in [3.8, 4) is 5.75 Å². The molecular formula is C16H21NO2. The predicted molar refractivity (Wildman–Crippen MR) is 76.2 cm³/mol. The second kappa shape index (κ2) is 4.26. The number of rotatable bonds is 1. The molecule has 3 nitrogen and oxygen atoms in total. The number of ketones is 1. The van der Waals surface area contributed by atoms with Gasteiger partial charge in [-0.2, -0.15) is 0 Å². The van der Waals surface area contributed by atoms with E-state index in [-0.39, 0.29) is 11.3 Å². The molecule has 1 aliphatic carbocycles. The summed E-state index contributed by atoms with van der Waals surface area (Å²) in [5.41, 5.74) is 3.63. The summed E-state index contributed by atoms with van der Waals surface area (Å²) in [5.74, 6) is 1.11. The highest BCUT2D eigenvalue weighted by Crippen LogP contribution is 2.47. The molecule has 1 aromatic carbocycles. The number of carbonyl (C=O) groups is 1. The van der Waals surface area contributed by atoms with Gasteiger partial charge in [0.05, 0.1) is 12.8 Å². The Morgan fingerprint density at radius 3 is 2.53 bits per heavy atom. The number of fused-ring (bicyclic) bond motifs is 1. The van der Waals surface area contributed by atoms with Crippen LogP contribution >= 0.6 is 0 Å². The molecule has 1 heterocycles. The van der Waals surface area contributed by atoms with Crippen molar-refractivity contribution in [2.75, 3.05) is 12.4 Å². The van der Waals surface area contributed by atoms with Crippen LogP contribution in [0.5, 0.6) is 5.75 Å². The van der Waals surface area contributed by atoms with Crippen LogP contribution in [-0.4, -0.2) is 18.4 Å². The number of carbonyl (C=O) groups excluding carboxylic acids is 1. The third kappa shape index (κ3) is 1.67. The Morgan fingerprint density at radius 1 is 1.21 bits per heavy atom. The molecule has 102 valence electrons. The molecule has 1 aromatic rings. The monoisotopic (exact) mass is 259 g/mol. The number of aryl methyl sites for hydroxylation is 1. The van der Waals surface area contributed by atoms with E-state index in [4.69, 9.17) is 4.74 Å². The molecule has 0 atom stereocenters. The molecule has 0 bridgehead atoms. The number of anilines is 1. The molecule has 0 aromatic heterocycles. The van der Waals surface area contributed by atoms with Crippen molar-refractivity contribution < 1.29 is 9.53 Å². The second-order valence-corrected chi connectivity index (χ2v) is 5.87. The van der Waals surface area contributed by atoms with Gasteiger partial charge >= 0.3 is 0 Å². The Bertz CT molecular complexity index is 542. The van der Waals surface area contributed by atoms with Crippen LogP contribution in [0.4, 0.5) is 5.69 Å². The fourth-order valence-electron chi connectivity index (χ4n) is 3.51. The molecule has 19 heavy (non-hydrogen) atoms. The summed E-state index contributed by atoms with van der Waals surface area (Å²) in [6.45, 7) is 4.09. The average Bonchev–Trinajstić information content (AvgIpc) is 2.66. The fourth-order valence-corrected chi connectivity index (χ4v) is 3.51. The lowest BCUT2D eigenvalue weighted by atomic mass is 9.79. The van der Waals surface area contributed by atoms with Crippen LogP contribution in [0.1, 0.15) is 53.6 Å². The van der Waals surface area contributed by atoms with Crippen LogP contribution in [0.25, 0.3) is 0 Å². The Morgan fingerprint density at radius 2 is 1.89 bits per heavy atom. The van der Waals surface area contributed by atoms with Crippen molar-refractivity contribution in [2.45, 2.75) is 51.5 Å². The molecule has 3 heteroatoms. The zero-order valence-electron chi connectivity index (χ0n) is 11.9. The second-order valence-electron chi connectivity index (χ2n) is 5.87. The lowest BCUT2D eigenvalue weighted by Gasteiger charge is -2.32. The van der Waals surface area contributed by atoms with E-state index in [0.29, 0.717) is 0 Å². The average molecular weight is 259 g/mol. The Balaban J connectivity index is 2.12. The quantitative estimate of drug-likeness (QED) is 0.837. The van der Waals surface area contributed by atoms with Gasteiger partial charge in [-0.1, -0.05) is 19.3 Å². The highest BCUT2D eigenvalue weighted by Gasteiger charge is 2.47. The highest BCUT2D eigenvalue weighted by molar-refractivity contribution is 6.15. The van der Waals surface area contributed by atoms with Crippen LogP contribution in [0.3, 0.4) is 0 Å². The first-order valence-electron chi connectivity index (χ1n) is 7.10. The lowest BCUT2D eigenvalue weighted by molar-refractivity contribution is 0.0886. The number of Topliss-reactive ketones (excluding diaryl/α,β-unsaturated/α-hetero) is 1. The van der Waals surface area contributed by atoms with E-state index in [9.17, 15) is 4.79 Å². The van der Waals surface area contributed by atoms with Crippen molar-refractivity contribution in [1.82, 2.24) is 0 Å². The normalized spacial score (nSPS) is 20.3. The molecule has 3 rings (SSSR count). The summed E-state index contributed by atoms with van der Waals surface area (Å²) < 4.78 is 5.54. The number of benzene rings is 1. The van der Waals surface area contributed by atoms with Crippen LogP contribution < -0.4 is 10.1 Å². The molecule has 1 spiro atoms. The fraction of sp³-hybridized carbons (Fsp3) is 0.562. The molecule has 0 saturated heterocycles. The third-order valence-corrected chi connectivity index (χ3v) is 4.74. The van der Waals surface area contributed by atoms with Crippen molar-refractivity contribution in [2.24, 2.45) is 0 Å². The molecular weight excluding hydrogens is 238 g/mol. The van der Waals surface area contributed by atoms with Crippen molar-refractivity contribution in [1.29, 1.82) is 0 Å². The summed E-state index contributed by atoms with van der Waals surface area (Å²) in [6.07, 6.45) is 5.39. The van der Waals surface area contributed by atoms with Gasteiger partial charge in [0.25, 0.3) is 0 Å². The largest absolute Gasteiger partial charge is 0.494 e. The van der Waals surface area contributed by atoms with Crippen LogP contribution in [0.15, 0.2) is 6.07 Å². The maximum absolute atomic E-state index is 12.8. The minimum Gasteiger partial charge on any atom is -0.494 e. The minimum atomic E-state index is -0.353. The summed E-state index contributed by atoms with van der Waals surface area (Å²) in [7, 11) is 1.68. The smallest absolute Gasteiger partial charge is 0.190 e. The first-order valence-corrected chi connectivity index (χ1v) is 7.10. The van der Waals surface area contributed by atoms with Crippen molar-refractivity contribution in [3.63, 3.8) is 0 Å². The molecule has 1 aliphatic heterocycles. The van der Waals surface area contributed by atoms with E-state index >= 15 is 0 Å². The van der Waals surface area contributed by atoms with Crippen LogP contribution in [-0.2, 0) is 0 Å². The topological polar surface area (TPSA) is 38.3 Å². The van der Waals surface area contributed by atoms with Crippen molar-refractivity contribution in [3.05, 3.63) is 22.8 Å². The Kier molecular flexibility index (Phi) is 2.80. The molecule has 0 amide bonds. The first kappa shape index (κ1) is 12.5. The molecule has 1 saturated carbocycles. The van der Waals surface area contributed by atoms with Crippen molar-refractivity contribution >= 4 is 11.5 Å². The molecule has 1 N–H and O–H groups in total. The Labute approximate surface area is 114 Å². The van der Waals surface area contributed by atoms with E-state index in [0.717, 1.165) is 53.8 Å². The lowest BCUT2D eigenvalue weighted by Crippen LogP contribution is -2.43. The van der Waals surface area contributed by atoms with Gasteiger partial charge in [0.1, 0.15) is 11.3 Å². The van der Waals surface area contributed by atoms with Crippen LogP contribution in [0.2, 0.25) is 0 Å². The maximum atomic E-state index is 12.8. The zero-order chi connectivity index (χ0) is 13.6. The molecule has 0 radical (unpaired) electrons. The van der Waals surface area contributed by atoms with Gasteiger partial charge in [-0.15, -0.1) is 0 Å². The van der Waals surface area contributed by atoms with Gasteiger partial charge in [-0.3, -0.25) is 4.79 Å². The van der Waals surface area contributed by atoms with Gasteiger partial charge in [0.2, 0.25) is 0 Å². The third-order valence-electron chi connectivity index (χ3n) is 4.74. The van der Waals surface area contributed by atoms with Gasteiger partial charge < -0.3 is 10.1 Å². The molecule has 0 unspecified atom stereocenters. The number of hydrogen-bond acceptors (Lipinski definition) is 3. The van der Waals surface area contributed by atoms with Gasteiger partial charge in [-0.25, -0.2) is 0 Å². The van der Waals surface area contributed by atoms with E-state index in [1.54, 1.807) is 7.11 Å². The van der Waals surface area contributed by atoms with E-state index in [2.05, 4.69) is 5.32 Å². The van der Waals surface area contributed by atoms with E-state index in [1.807, 2.05) is 19.9 Å². The summed E-state index contributed by atoms with van der Waals surface area (Å²) in [5, 5.41) is 3.51. The SMILES string of the molecule is COc1c(C)c(C)cc2c1NC1(CCCCC1)C2=O. The summed E-state index contributed by atoms with van der Waals surface area (Å²) >= 11 is 0. The molecule has 2 aliphatic rings. The number of nitrogens with one attached hydrogen (secondary N) is 1. The summed E-state index contributed by atoms with van der Waals surface area (Å²) in [4.78, 5) is 12.8. The van der Waals surface area contributed by atoms with Crippen LogP contribution in [0, 0.1) is 13.8 Å². The standard InChI is InChI=1S/C16H21NO2/c1-10-9-12-13(14(19-3)11(10)2)17-16(15(12)18)7-5-4-6-8-16/h9,17H,4-8H2,1-3H3. The number of methoxy groups -OCH3 is 1. The predicted octanol–water partition coefficient (Wildman–Crippen LogP) is 3.62. The van der Waals surface area contributed by atoms with E-state index in [1.165, 1.54) is 6.42 Å².